The predicted octanol–water partition coefficient (Wildman–Crippen LogP) is 2.76. The highest BCUT2D eigenvalue weighted by atomic mass is 16.5. The second-order valence-corrected chi connectivity index (χ2v) is 4.29. The van der Waals surface area contributed by atoms with E-state index in [0.717, 1.165) is 19.0 Å². The van der Waals surface area contributed by atoms with Crippen LogP contribution in [0.15, 0.2) is 30.3 Å². The number of fused-ring (bicyclic) bond motifs is 1. The van der Waals surface area contributed by atoms with E-state index < -0.39 is 0 Å². The molecule has 1 saturated heterocycles. The third kappa shape index (κ3) is 1.91. The summed E-state index contributed by atoms with van der Waals surface area (Å²) in [4.78, 5) is 3.35. The fraction of sp³-hybridized carbons (Fsp3) is 0.385. The Morgan fingerprint density at radius 3 is 3.12 bits per heavy atom. The van der Waals surface area contributed by atoms with Crippen LogP contribution in [0.4, 0.5) is 5.82 Å². The molecule has 1 fully saturated rings. The maximum atomic E-state index is 5.57. The van der Waals surface area contributed by atoms with Gasteiger partial charge in [0.2, 0.25) is 0 Å². The third-order valence-corrected chi connectivity index (χ3v) is 3.07. The normalized spacial score (nSPS) is 20.4. The minimum Gasteiger partial charge on any atom is -0.376 e. The molecule has 1 atom stereocenters. The number of aromatic nitrogens is 1. The van der Waals surface area contributed by atoms with Gasteiger partial charge >= 0.3 is 0 Å². The number of hydrogen-bond acceptors (Lipinski definition) is 2. The van der Waals surface area contributed by atoms with Crippen molar-refractivity contribution in [1.29, 1.82) is 0 Å². The molecule has 84 valence electrons. The van der Waals surface area contributed by atoms with Crippen molar-refractivity contribution in [3.8, 4) is 0 Å². The van der Waals surface area contributed by atoms with Gasteiger partial charge in [-0.25, -0.2) is 0 Å². The molecule has 1 aromatic carbocycles. The van der Waals surface area contributed by atoms with Crippen molar-refractivity contribution in [3.05, 3.63) is 30.3 Å². The first-order valence-corrected chi connectivity index (χ1v) is 5.85. The van der Waals surface area contributed by atoms with Crippen LogP contribution in [0.5, 0.6) is 0 Å². The maximum absolute atomic E-state index is 5.57. The molecule has 1 aliphatic rings. The van der Waals surface area contributed by atoms with Gasteiger partial charge in [-0.1, -0.05) is 18.2 Å². The quantitative estimate of drug-likeness (QED) is 0.827. The Hall–Kier alpha value is -1.48. The first-order chi connectivity index (χ1) is 7.92. The van der Waals surface area contributed by atoms with Crippen LogP contribution < -0.4 is 5.32 Å². The average Bonchev–Trinajstić information content (AvgIpc) is 2.95. The number of H-pyrrole nitrogens is 1. The van der Waals surface area contributed by atoms with E-state index >= 15 is 0 Å². The van der Waals surface area contributed by atoms with Crippen LogP contribution in [-0.4, -0.2) is 24.2 Å². The molecule has 2 aromatic rings. The van der Waals surface area contributed by atoms with Gasteiger partial charge in [0.1, 0.15) is 5.82 Å². The van der Waals surface area contributed by atoms with Gasteiger partial charge < -0.3 is 15.0 Å². The minimum absolute atomic E-state index is 0.381. The van der Waals surface area contributed by atoms with E-state index in [-0.39, 0.29) is 0 Å². The van der Waals surface area contributed by atoms with Crippen molar-refractivity contribution in [2.75, 3.05) is 18.5 Å². The van der Waals surface area contributed by atoms with Gasteiger partial charge in [0.25, 0.3) is 0 Å². The van der Waals surface area contributed by atoms with Gasteiger partial charge in [-0.05, 0) is 25.0 Å². The van der Waals surface area contributed by atoms with E-state index in [1.54, 1.807) is 0 Å². The zero-order chi connectivity index (χ0) is 10.8. The lowest BCUT2D eigenvalue weighted by Gasteiger charge is -2.09. The third-order valence-electron chi connectivity index (χ3n) is 3.07. The van der Waals surface area contributed by atoms with Crippen LogP contribution in [0.1, 0.15) is 12.8 Å². The van der Waals surface area contributed by atoms with Crippen molar-refractivity contribution in [2.45, 2.75) is 18.9 Å². The van der Waals surface area contributed by atoms with Crippen LogP contribution in [0.2, 0.25) is 0 Å². The summed E-state index contributed by atoms with van der Waals surface area (Å²) < 4.78 is 5.57. The first-order valence-electron chi connectivity index (χ1n) is 5.85. The molecule has 0 bridgehead atoms. The summed E-state index contributed by atoms with van der Waals surface area (Å²) >= 11 is 0. The van der Waals surface area contributed by atoms with Crippen molar-refractivity contribution in [1.82, 2.24) is 4.98 Å². The van der Waals surface area contributed by atoms with Crippen molar-refractivity contribution < 1.29 is 4.74 Å². The van der Waals surface area contributed by atoms with Gasteiger partial charge in [0.15, 0.2) is 0 Å². The Bertz CT molecular complexity index is 438. The number of para-hydroxylation sites is 1. The zero-order valence-corrected chi connectivity index (χ0v) is 9.20. The summed E-state index contributed by atoms with van der Waals surface area (Å²) in [6, 6.07) is 10.4. The largest absolute Gasteiger partial charge is 0.376 e. The molecule has 1 aliphatic heterocycles. The summed E-state index contributed by atoms with van der Waals surface area (Å²) in [7, 11) is 0. The summed E-state index contributed by atoms with van der Waals surface area (Å²) in [6.45, 7) is 1.81. The zero-order valence-electron chi connectivity index (χ0n) is 9.20. The SMILES string of the molecule is c1ccc2[nH]c(NCC3CCCO3)cc2c1. The fourth-order valence-electron chi connectivity index (χ4n) is 2.20. The molecule has 0 spiro atoms. The van der Waals surface area contributed by atoms with Crippen LogP contribution in [0.25, 0.3) is 10.9 Å². The first kappa shape index (κ1) is 9.73. The number of rotatable bonds is 3. The molecule has 2 heterocycles. The standard InChI is InChI=1S/C13H16N2O/c1-2-6-12-10(4-1)8-13(15-12)14-9-11-5-3-7-16-11/h1-2,4,6,8,11,14-15H,3,5,7,9H2. The Morgan fingerprint density at radius 2 is 2.31 bits per heavy atom. The molecule has 2 N–H and O–H groups in total. The lowest BCUT2D eigenvalue weighted by Crippen LogP contribution is -2.18. The number of benzene rings is 1. The van der Waals surface area contributed by atoms with Crippen LogP contribution >= 0.6 is 0 Å². The van der Waals surface area contributed by atoms with Crippen LogP contribution in [0.3, 0.4) is 0 Å². The number of hydrogen-bond donors (Lipinski definition) is 2. The highest BCUT2D eigenvalue weighted by molar-refractivity contribution is 5.83. The molecule has 0 aliphatic carbocycles. The number of aromatic amines is 1. The summed E-state index contributed by atoms with van der Waals surface area (Å²) in [5, 5.41) is 4.64. The number of anilines is 1. The topological polar surface area (TPSA) is 37.0 Å². The average molecular weight is 216 g/mol. The Labute approximate surface area is 94.8 Å². The van der Waals surface area contributed by atoms with E-state index in [1.807, 2.05) is 6.07 Å². The Morgan fingerprint density at radius 1 is 1.38 bits per heavy atom. The van der Waals surface area contributed by atoms with Crippen LogP contribution in [-0.2, 0) is 4.74 Å². The molecule has 0 saturated carbocycles. The highest BCUT2D eigenvalue weighted by Gasteiger charge is 2.14. The number of ether oxygens (including phenoxy) is 1. The molecule has 3 rings (SSSR count). The molecule has 0 radical (unpaired) electrons. The second kappa shape index (κ2) is 4.18. The molecule has 16 heavy (non-hydrogen) atoms. The lowest BCUT2D eigenvalue weighted by atomic mass is 10.2. The van der Waals surface area contributed by atoms with Gasteiger partial charge in [-0.15, -0.1) is 0 Å². The fourth-order valence-corrected chi connectivity index (χ4v) is 2.20. The van der Waals surface area contributed by atoms with Gasteiger partial charge in [0, 0.05) is 24.1 Å². The molecular formula is C13H16N2O. The van der Waals surface area contributed by atoms with E-state index in [4.69, 9.17) is 4.74 Å². The molecule has 1 unspecified atom stereocenters. The summed E-state index contributed by atoms with van der Waals surface area (Å²) in [5.74, 6) is 1.08. The maximum Gasteiger partial charge on any atom is 0.104 e. The second-order valence-electron chi connectivity index (χ2n) is 4.29. The Balaban J connectivity index is 1.69. The Kier molecular flexibility index (Phi) is 2.54. The molecule has 3 heteroatoms. The molecule has 0 amide bonds. The van der Waals surface area contributed by atoms with Gasteiger partial charge in [-0.2, -0.15) is 0 Å². The van der Waals surface area contributed by atoms with E-state index in [1.165, 1.54) is 23.7 Å². The molecular weight excluding hydrogens is 200 g/mol. The summed E-state index contributed by atoms with van der Waals surface area (Å²) in [6.07, 6.45) is 2.75. The molecule has 3 nitrogen and oxygen atoms in total. The summed E-state index contributed by atoms with van der Waals surface area (Å²) in [5.41, 5.74) is 1.18. The monoisotopic (exact) mass is 216 g/mol. The van der Waals surface area contributed by atoms with Gasteiger partial charge in [-0.3, -0.25) is 0 Å². The predicted molar refractivity (Wildman–Crippen MR) is 65.8 cm³/mol. The van der Waals surface area contributed by atoms with Crippen molar-refractivity contribution in [2.24, 2.45) is 0 Å². The van der Waals surface area contributed by atoms with E-state index in [0.29, 0.717) is 6.10 Å². The van der Waals surface area contributed by atoms with Crippen LogP contribution in [0, 0.1) is 0 Å². The van der Waals surface area contributed by atoms with Crippen molar-refractivity contribution >= 4 is 16.7 Å². The van der Waals surface area contributed by atoms with E-state index in [2.05, 4.69) is 34.6 Å². The minimum atomic E-state index is 0.381. The lowest BCUT2D eigenvalue weighted by molar-refractivity contribution is 0.120. The van der Waals surface area contributed by atoms with Crippen molar-refractivity contribution in [3.63, 3.8) is 0 Å². The van der Waals surface area contributed by atoms with E-state index in [9.17, 15) is 0 Å². The number of nitrogens with one attached hydrogen (secondary N) is 2. The van der Waals surface area contributed by atoms with Gasteiger partial charge in [0.05, 0.1) is 6.10 Å². The highest BCUT2D eigenvalue weighted by Crippen LogP contribution is 2.19. The molecule has 1 aromatic heterocycles. The smallest absolute Gasteiger partial charge is 0.104 e.